The predicted molar refractivity (Wildman–Crippen MR) is 75.4 cm³/mol. The van der Waals surface area contributed by atoms with E-state index in [4.69, 9.17) is 4.42 Å². The molecule has 0 atom stereocenters. The molecule has 0 spiro atoms. The first kappa shape index (κ1) is 16.2. The third kappa shape index (κ3) is 4.33. The van der Waals surface area contributed by atoms with Gasteiger partial charge in [-0.1, -0.05) is 13.8 Å². The fraction of sp³-hybridized carbons (Fsp3) is 0.692. The Balaban J connectivity index is 2.85. The first-order chi connectivity index (χ1) is 8.70. The summed E-state index contributed by atoms with van der Waals surface area (Å²) in [6.45, 7) is 11.1. The van der Waals surface area contributed by atoms with E-state index in [1.54, 1.807) is 6.07 Å². The van der Waals surface area contributed by atoms with E-state index in [0.29, 0.717) is 25.4 Å². The Kier molecular flexibility index (Phi) is 5.18. The lowest BCUT2D eigenvalue weighted by molar-refractivity contribution is 0.349. The van der Waals surface area contributed by atoms with Crippen molar-refractivity contribution < 1.29 is 12.8 Å². The van der Waals surface area contributed by atoms with Gasteiger partial charge in [0.1, 0.15) is 5.76 Å². The summed E-state index contributed by atoms with van der Waals surface area (Å²) in [7, 11) is -3.50. The van der Waals surface area contributed by atoms with Crippen molar-refractivity contribution in [3.8, 4) is 0 Å². The lowest BCUT2D eigenvalue weighted by atomic mass is 10.1. The topological polar surface area (TPSA) is 62.6 Å². The quantitative estimate of drug-likeness (QED) is 0.871. The zero-order valence-corrected chi connectivity index (χ0v) is 13.2. The highest BCUT2D eigenvalue weighted by atomic mass is 32.2. The second kappa shape index (κ2) is 6.07. The number of rotatable bonds is 6. The maximum absolute atomic E-state index is 12.2. The Hall–Kier alpha value is -0.850. The maximum atomic E-state index is 12.2. The lowest BCUT2D eigenvalue weighted by Crippen LogP contribution is -2.34. The third-order valence-electron chi connectivity index (χ3n) is 2.73. The average Bonchev–Trinajstić information content (AvgIpc) is 2.76. The molecule has 0 amide bonds. The molecule has 110 valence electrons. The van der Waals surface area contributed by atoms with Gasteiger partial charge in [0, 0.05) is 18.6 Å². The molecule has 6 heteroatoms. The lowest BCUT2D eigenvalue weighted by Gasteiger charge is -2.19. The maximum Gasteiger partial charge on any atom is 0.276 e. The molecular formula is C13H24N2O3S. The smallest absolute Gasteiger partial charge is 0.276 e. The number of hydrogen-bond donors (Lipinski definition) is 1. The molecule has 0 unspecified atom stereocenters. The largest absolute Gasteiger partial charge is 0.447 e. The van der Waals surface area contributed by atoms with Crippen LogP contribution in [0.25, 0.3) is 0 Å². The number of sulfonamides is 1. The van der Waals surface area contributed by atoms with E-state index in [1.807, 2.05) is 34.6 Å². The number of hydrogen-bond acceptors (Lipinski definition) is 4. The van der Waals surface area contributed by atoms with Crippen molar-refractivity contribution in [3.05, 3.63) is 17.9 Å². The van der Waals surface area contributed by atoms with Crippen LogP contribution < -0.4 is 5.32 Å². The molecule has 0 saturated heterocycles. The molecule has 0 aromatic carbocycles. The number of furan rings is 1. The highest BCUT2D eigenvalue weighted by Gasteiger charge is 2.25. The van der Waals surface area contributed by atoms with Gasteiger partial charge in [0.25, 0.3) is 10.0 Å². The van der Waals surface area contributed by atoms with Crippen LogP contribution in [0.4, 0.5) is 0 Å². The molecule has 1 rings (SSSR count). The van der Waals surface area contributed by atoms with Crippen LogP contribution in [-0.2, 0) is 16.6 Å². The minimum absolute atomic E-state index is 0.0157. The van der Waals surface area contributed by atoms with Crippen molar-refractivity contribution in [3.63, 3.8) is 0 Å². The molecule has 1 heterocycles. The zero-order valence-electron chi connectivity index (χ0n) is 12.4. The zero-order chi connectivity index (χ0) is 14.7. The number of nitrogens with one attached hydrogen (secondary N) is 1. The summed E-state index contributed by atoms with van der Waals surface area (Å²) in [6, 6.07) is 3.22. The van der Waals surface area contributed by atoms with Gasteiger partial charge in [-0.25, -0.2) is 8.42 Å². The molecule has 0 fully saturated rings. The first-order valence-corrected chi connectivity index (χ1v) is 7.98. The average molecular weight is 288 g/mol. The van der Waals surface area contributed by atoms with E-state index in [2.05, 4.69) is 5.32 Å². The molecule has 1 aromatic heterocycles. The minimum atomic E-state index is -3.50. The van der Waals surface area contributed by atoms with Crippen molar-refractivity contribution in [2.75, 3.05) is 13.1 Å². The van der Waals surface area contributed by atoms with Crippen LogP contribution >= 0.6 is 0 Å². The molecule has 0 aliphatic heterocycles. The molecule has 0 saturated carbocycles. The second-order valence-corrected chi connectivity index (χ2v) is 7.28. The normalized spacial score (nSPS) is 13.2. The van der Waals surface area contributed by atoms with Gasteiger partial charge >= 0.3 is 0 Å². The molecule has 0 aliphatic rings. The molecule has 0 radical (unpaired) electrons. The summed E-state index contributed by atoms with van der Waals surface area (Å²) >= 11 is 0. The van der Waals surface area contributed by atoms with Gasteiger partial charge in [-0.2, -0.15) is 4.31 Å². The third-order valence-corrected chi connectivity index (χ3v) is 4.65. The van der Waals surface area contributed by atoms with E-state index in [1.165, 1.54) is 10.4 Å². The van der Waals surface area contributed by atoms with Crippen molar-refractivity contribution in [2.45, 2.75) is 51.8 Å². The van der Waals surface area contributed by atoms with Crippen molar-refractivity contribution in [2.24, 2.45) is 0 Å². The van der Waals surface area contributed by atoms with E-state index in [-0.39, 0.29) is 10.6 Å². The van der Waals surface area contributed by atoms with Crippen molar-refractivity contribution >= 4 is 10.0 Å². The van der Waals surface area contributed by atoms with Gasteiger partial charge in [-0.15, -0.1) is 0 Å². The van der Waals surface area contributed by atoms with Gasteiger partial charge < -0.3 is 9.73 Å². The predicted octanol–water partition coefficient (Wildman–Crippen LogP) is 2.20. The van der Waals surface area contributed by atoms with Gasteiger partial charge in [-0.05, 0) is 32.9 Å². The Labute approximate surface area is 116 Å². The Bertz CT molecular complexity index is 496. The summed E-state index contributed by atoms with van der Waals surface area (Å²) in [5.74, 6) is 0.626. The standard InChI is InChI=1S/C13H24N2O3S/c1-6-15(7-2)19(16,17)12-9-8-11(18-12)10-14-13(3,4)5/h8-9,14H,6-7,10H2,1-5H3. The van der Waals surface area contributed by atoms with Crippen LogP contribution in [0.5, 0.6) is 0 Å². The van der Waals surface area contributed by atoms with Gasteiger partial charge in [0.2, 0.25) is 5.09 Å². The van der Waals surface area contributed by atoms with E-state index in [9.17, 15) is 8.42 Å². The fourth-order valence-corrected chi connectivity index (χ4v) is 3.02. The van der Waals surface area contributed by atoms with Crippen molar-refractivity contribution in [1.29, 1.82) is 0 Å². The summed E-state index contributed by atoms with van der Waals surface area (Å²) in [4.78, 5) is 0. The van der Waals surface area contributed by atoms with Crippen LogP contribution in [0.15, 0.2) is 21.6 Å². The van der Waals surface area contributed by atoms with Crippen molar-refractivity contribution in [1.82, 2.24) is 9.62 Å². The van der Waals surface area contributed by atoms with E-state index >= 15 is 0 Å². The van der Waals surface area contributed by atoms with Crippen LogP contribution in [0.2, 0.25) is 0 Å². The van der Waals surface area contributed by atoms with Crippen LogP contribution in [-0.4, -0.2) is 31.4 Å². The highest BCUT2D eigenvalue weighted by molar-refractivity contribution is 7.89. The van der Waals surface area contributed by atoms with Gasteiger partial charge in [0.15, 0.2) is 0 Å². The first-order valence-electron chi connectivity index (χ1n) is 6.54. The monoisotopic (exact) mass is 288 g/mol. The van der Waals surface area contributed by atoms with Gasteiger partial charge in [-0.3, -0.25) is 0 Å². The summed E-state index contributed by atoms with van der Waals surface area (Å²) in [6.07, 6.45) is 0. The summed E-state index contributed by atoms with van der Waals surface area (Å²) in [5, 5.41) is 3.27. The molecule has 1 aromatic rings. The van der Waals surface area contributed by atoms with Gasteiger partial charge in [0.05, 0.1) is 6.54 Å². The molecular weight excluding hydrogens is 264 g/mol. The summed E-state index contributed by atoms with van der Waals surface area (Å²) in [5.41, 5.74) is -0.0370. The SMILES string of the molecule is CCN(CC)S(=O)(=O)c1ccc(CNC(C)(C)C)o1. The fourth-order valence-electron chi connectivity index (χ4n) is 1.63. The van der Waals surface area contributed by atoms with Crippen LogP contribution in [0.1, 0.15) is 40.4 Å². The molecule has 0 bridgehead atoms. The Morgan fingerprint density at radius 2 is 1.79 bits per heavy atom. The molecule has 1 N–H and O–H groups in total. The minimum Gasteiger partial charge on any atom is -0.447 e. The second-order valence-electron chi connectivity index (χ2n) is 5.41. The van der Waals surface area contributed by atoms with Crippen LogP contribution in [0, 0.1) is 0 Å². The summed E-state index contributed by atoms with van der Waals surface area (Å²) < 4.78 is 31.3. The Morgan fingerprint density at radius 1 is 1.21 bits per heavy atom. The number of nitrogens with zero attached hydrogens (tertiary/aromatic N) is 1. The van der Waals surface area contributed by atoms with Crippen LogP contribution in [0.3, 0.4) is 0 Å². The molecule has 19 heavy (non-hydrogen) atoms. The molecule has 0 aliphatic carbocycles. The Morgan fingerprint density at radius 3 is 2.26 bits per heavy atom. The van der Waals surface area contributed by atoms with E-state index < -0.39 is 10.0 Å². The van der Waals surface area contributed by atoms with E-state index in [0.717, 1.165) is 0 Å². The molecule has 5 nitrogen and oxygen atoms in total. The highest BCUT2D eigenvalue weighted by Crippen LogP contribution is 2.19.